The molecule has 3 rings (SSSR count). The normalized spacial score (nSPS) is 11.4. The Kier molecular flexibility index (Phi) is 8.71. The van der Waals surface area contributed by atoms with E-state index in [1.54, 1.807) is 22.7 Å². The summed E-state index contributed by atoms with van der Waals surface area (Å²) >= 11 is 3.44. The molecule has 0 aliphatic heterocycles. The van der Waals surface area contributed by atoms with Gasteiger partial charge in [0.05, 0.1) is 21.7 Å². The van der Waals surface area contributed by atoms with Crippen LogP contribution < -0.4 is 15.8 Å². The molecule has 5 nitrogen and oxygen atoms in total. The quantitative estimate of drug-likeness (QED) is 0.240. The molecule has 0 bridgehead atoms. The SMILES string of the molecule is Cc1nc(-c2ccc(CCN=C(N)Nc3ccc(OC(C)C)cc3)s2)cs1.I. The fourth-order valence-electron chi connectivity index (χ4n) is 2.49. The number of aryl methyl sites for hydroxylation is 1. The number of thiazole rings is 1. The summed E-state index contributed by atoms with van der Waals surface area (Å²) in [6.07, 6.45) is 1.02. The minimum atomic E-state index is 0. The molecule has 2 aromatic heterocycles. The maximum absolute atomic E-state index is 5.99. The zero-order chi connectivity index (χ0) is 19.2. The first-order valence-corrected chi connectivity index (χ1v) is 10.5. The van der Waals surface area contributed by atoms with Crippen molar-refractivity contribution in [3.05, 3.63) is 51.7 Å². The first-order chi connectivity index (χ1) is 13.0. The van der Waals surface area contributed by atoms with Crippen LogP contribution in [0.3, 0.4) is 0 Å². The fourth-order valence-corrected chi connectivity index (χ4v) is 4.13. The molecule has 0 aliphatic rings. The minimum absolute atomic E-state index is 0. The maximum atomic E-state index is 5.99. The Labute approximate surface area is 191 Å². The highest BCUT2D eigenvalue weighted by molar-refractivity contribution is 14.0. The van der Waals surface area contributed by atoms with Crippen LogP contribution in [0.15, 0.2) is 46.8 Å². The number of halogens is 1. The molecule has 1 aromatic carbocycles. The molecule has 0 amide bonds. The molecule has 0 radical (unpaired) electrons. The van der Waals surface area contributed by atoms with E-state index in [-0.39, 0.29) is 30.1 Å². The van der Waals surface area contributed by atoms with Crippen LogP contribution in [0.2, 0.25) is 0 Å². The first kappa shape index (κ1) is 22.6. The Morgan fingerprint density at radius 1 is 1.21 bits per heavy atom. The van der Waals surface area contributed by atoms with Crippen molar-refractivity contribution in [1.29, 1.82) is 0 Å². The van der Waals surface area contributed by atoms with Crippen molar-refractivity contribution < 1.29 is 4.74 Å². The van der Waals surface area contributed by atoms with Gasteiger partial charge in [-0.1, -0.05) is 0 Å². The number of nitrogens with zero attached hydrogens (tertiary/aromatic N) is 2. The van der Waals surface area contributed by atoms with Crippen LogP contribution in [0, 0.1) is 6.92 Å². The van der Waals surface area contributed by atoms with Gasteiger partial charge in [-0.15, -0.1) is 46.7 Å². The topological polar surface area (TPSA) is 72.5 Å². The van der Waals surface area contributed by atoms with Crippen molar-refractivity contribution >= 4 is 58.3 Å². The smallest absolute Gasteiger partial charge is 0.193 e. The van der Waals surface area contributed by atoms with Gasteiger partial charge in [-0.3, -0.25) is 4.99 Å². The molecule has 3 N–H and O–H groups in total. The van der Waals surface area contributed by atoms with Gasteiger partial charge in [-0.2, -0.15) is 0 Å². The lowest BCUT2D eigenvalue weighted by molar-refractivity contribution is 0.242. The predicted molar refractivity (Wildman–Crippen MR) is 132 cm³/mol. The Hall–Kier alpha value is -1.65. The number of aromatic nitrogens is 1. The van der Waals surface area contributed by atoms with Crippen LogP contribution in [-0.4, -0.2) is 23.6 Å². The predicted octanol–water partition coefficient (Wildman–Crippen LogP) is 5.55. The van der Waals surface area contributed by atoms with E-state index in [0.29, 0.717) is 12.5 Å². The van der Waals surface area contributed by atoms with Gasteiger partial charge >= 0.3 is 0 Å². The van der Waals surface area contributed by atoms with E-state index < -0.39 is 0 Å². The van der Waals surface area contributed by atoms with Crippen molar-refractivity contribution in [3.63, 3.8) is 0 Å². The van der Waals surface area contributed by atoms with Gasteiger partial charge in [0.15, 0.2) is 5.96 Å². The largest absolute Gasteiger partial charge is 0.491 e. The van der Waals surface area contributed by atoms with E-state index in [2.05, 4.69) is 32.8 Å². The molecule has 8 heteroatoms. The first-order valence-electron chi connectivity index (χ1n) is 8.84. The third-order valence-corrected chi connectivity index (χ3v) is 5.61. The van der Waals surface area contributed by atoms with Gasteiger partial charge in [-0.05, 0) is 57.2 Å². The Morgan fingerprint density at radius 3 is 2.61 bits per heavy atom. The van der Waals surface area contributed by atoms with Gasteiger partial charge < -0.3 is 15.8 Å². The number of benzene rings is 1. The van der Waals surface area contributed by atoms with Crippen molar-refractivity contribution in [2.24, 2.45) is 10.7 Å². The lowest BCUT2D eigenvalue weighted by atomic mass is 10.3. The summed E-state index contributed by atoms with van der Waals surface area (Å²) in [5.41, 5.74) is 7.94. The van der Waals surface area contributed by atoms with Crippen LogP contribution in [0.1, 0.15) is 23.7 Å². The van der Waals surface area contributed by atoms with Crippen LogP contribution in [-0.2, 0) is 6.42 Å². The van der Waals surface area contributed by atoms with E-state index >= 15 is 0 Å². The molecular formula is C20H25IN4OS2. The van der Waals surface area contributed by atoms with Crippen LogP contribution in [0.4, 0.5) is 5.69 Å². The Bertz CT molecular complexity index is 903. The molecule has 28 heavy (non-hydrogen) atoms. The van der Waals surface area contributed by atoms with Gasteiger partial charge in [0.25, 0.3) is 0 Å². The van der Waals surface area contributed by atoms with E-state index in [4.69, 9.17) is 10.5 Å². The Balaban J connectivity index is 0.00000280. The monoisotopic (exact) mass is 528 g/mol. The number of anilines is 1. The summed E-state index contributed by atoms with van der Waals surface area (Å²) in [4.78, 5) is 11.4. The molecule has 0 atom stereocenters. The van der Waals surface area contributed by atoms with E-state index in [9.17, 15) is 0 Å². The van der Waals surface area contributed by atoms with Crippen molar-refractivity contribution in [2.45, 2.75) is 33.3 Å². The molecule has 3 aromatic rings. The zero-order valence-corrected chi connectivity index (χ0v) is 20.1. The summed E-state index contributed by atoms with van der Waals surface area (Å²) < 4.78 is 5.63. The molecule has 150 valence electrons. The third kappa shape index (κ3) is 6.75. The summed E-state index contributed by atoms with van der Waals surface area (Å²) in [6, 6.07) is 12.0. The number of aliphatic imine (C=N–C) groups is 1. The highest BCUT2D eigenvalue weighted by Crippen LogP contribution is 2.29. The fraction of sp³-hybridized carbons (Fsp3) is 0.300. The second kappa shape index (κ2) is 10.8. The number of nitrogens with one attached hydrogen (secondary N) is 1. The number of thiophene rings is 1. The van der Waals surface area contributed by atoms with Gasteiger partial charge in [0, 0.05) is 28.9 Å². The molecule has 0 spiro atoms. The van der Waals surface area contributed by atoms with Crippen molar-refractivity contribution in [3.8, 4) is 16.3 Å². The van der Waals surface area contributed by atoms with Gasteiger partial charge in [0.1, 0.15) is 5.75 Å². The summed E-state index contributed by atoms with van der Waals surface area (Å²) in [5, 5.41) is 6.30. The number of rotatable bonds is 7. The summed E-state index contributed by atoms with van der Waals surface area (Å²) in [6.45, 7) is 6.68. The van der Waals surface area contributed by atoms with E-state index in [1.165, 1.54) is 9.75 Å². The summed E-state index contributed by atoms with van der Waals surface area (Å²) in [5.74, 6) is 1.26. The molecular weight excluding hydrogens is 503 g/mol. The maximum Gasteiger partial charge on any atom is 0.193 e. The zero-order valence-electron chi connectivity index (χ0n) is 16.1. The number of hydrogen-bond acceptors (Lipinski definition) is 5. The average Bonchev–Trinajstić information content (AvgIpc) is 3.25. The third-order valence-electron chi connectivity index (χ3n) is 3.67. The molecule has 0 saturated carbocycles. The standard InChI is InChI=1S/C20H24N4OS2.HI/c1-13(2)25-16-6-4-15(5-7-16)24-20(21)22-11-10-17-8-9-19(27-17)18-12-26-14(3)23-18;/h4-9,12-13H,10-11H2,1-3H3,(H3,21,22,24);1H. The van der Waals surface area contributed by atoms with Crippen LogP contribution in [0.25, 0.3) is 10.6 Å². The number of nitrogens with two attached hydrogens (primary N) is 1. The van der Waals surface area contributed by atoms with Crippen LogP contribution >= 0.6 is 46.7 Å². The van der Waals surface area contributed by atoms with Crippen LogP contribution in [0.5, 0.6) is 5.75 Å². The lowest BCUT2D eigenvalue weighted by Crippen LogP contribution is -2.23. The lowest BCUT2D eigenvalue weighted by Gasteiger charge is -2.10. The molecule has 2 heterocycles. The van der Waals surface area contributed by atoms with Gasteiger partial charge in [-0.25, -0.2) is 4.98 Å². The minimum Gasteiger partial charge on any atom is -0.491 e. The molecule has 0 aliphatic carbocycles. The molecule has 0 saturated heterocycles. The number of hydrogen-bond donors (Lipinski definition) is 2. The molecule has 0 unspecified atom stereocenters. The highest BCUT2D eigenvalue weighted by Gasteiger charge is 2.06. The highest BCUT2D eigenvalue weighted by atomic mass is 127. The molecule has 0 fully saturated rings. The van der Waals surface area contributed by atoms with Crippen molar-refractivity contribution in [2.75, 3.05) is 11.9 Å². The summed E-state index contributed by atoms with van der Waals surface area (Å²) in [7, 11) is 0. The van der Waals surface area contributed by atoms with Gasteiger partial charge in [0.2, 0.25) is 0 Å². The Morgan fingerprint density at radius 2 is 1.96 bits per heavy atom. The second-order valence-electron chi connectivity index (χ2n) is 6.35. The van der Waals surface area contributed by atoms with Crippen molar-refractivity contribution in [1.82, 2.24) is 4.98 Å². The number of ether oxygens (including phenoxy) is 1. The number of guanidine groups is 1. The second-order valence-corrected chi connectivity index (χ2v) is 8.58. The average molecular weight is 528 g/mol. The van der Waals surface area contributed by atoms with E-state index in [1.807, 2.05) is 45.0 Å². The van der Waals surface area contributed by atoms with E-state index in [0.717, 1.165) is 28.6 Å².